The van der Waals surface area contributed by atoms with Crippen molar-refractivity contribution in [1.82, 2.24) is 4.98 Å². The summed E-state index contributed by atoms with van der Waals surface area (Å²) in [6, 6.07) is 6.12. The summed E-state index contributed by atoms with van der Waals surface area (Å²) in [4.78, 5) is 7.09. The highest BCUT2D eigenvalue weighted by Crippen LogP contribution is 2.36. The summed E-state index contributed by atoms with van der Waals surface area (Å²) in [5.74, 6) is 2.62. The molecule has 0 saturated carbocycles. The highest BCUT2D eigenvalue weighted by atomic mass is 16.7. The molecule has 5 nitrogen and oxygen atoms in total. The van der Waals surface area contributed by atoms with Crippen LogP contribution in [0.1, 0.15) is 5.56 Å². The van der Waals surface area contributed by atoms with Crippen molar-refractivity contribution in [2.45, 2.75) is 6.92 Å². The molecular formula is C15H16N2O3. The van der Waals surface area contributed by atoms with E-state index >= 15 is 0 Å². The molecule has 0 amide bonds. The zero-order chi connectivity index (χ0) is 13.5. The van der Waals surface area contributed by atoms with Crippen molar-refractivity contribution in [3.63, 3.8) is 0 Å². The number of anilines is 1. The number of benzene rings is 1. The summed E-state index contributed by atoms with van der Waals surface area (Å²) in [7, 11) is 0. The molecule has 2 aromatic rings. The summed E-state index contributed by atoms with van der Waals surface area (Å²) in [6.07, 6.45) is 0. The first kappa shape index (κ1) is 11.8. The number of nitrogens with zero attached hydrogens (tertiary/aromatic N) is 2. The van der Waals surface area contributed by atoms with E-state index in [0.717, 1.165) is 54.5 Å². The minimum atomic E-state index is 0.293. The molecule has 0 atom stereocenters. The maximum atomic E-state index is 5.43. The molecule has 104 valence electrons. The number of pyridine rings is 1. The molecule has 3 heterocycles. The monoisotopic (exact) mass is 272 g/mol. The maximum Gasteiger partial charge on any atom is 0.231 e. The fraction of sp³-hybridized carbons (Fsp3) is 0.400. The third-order valence-corrected chi connectivity index (χ3v) is 3.78. The molecule has 0 N–H and O–H groups in total. The van der Waals surface area contributed by atoms with Gasteiger partial charge in [0.1, 0.15) is 5.82 Å². The lowest BCUT2D eigenvalue weighted by Gasteiger charge is -2.29. The maximum absolute atomic E-state index is 5.43. The summed E-state index contributed by atoms with van der Waals surface area (Å²) in [5, 5.41) is 1.09. The minimum Gasteiger partial charge on any atom is -0.454 e. The number of hydrogen-bond acceptors (Lipinski definition) is 5. The zero-order valence-electron chi connectivity index (χ0n) is 11.4. The molecule has 2 aliphatic rings. The Bertz CT molecular complexity index is 666. The van der Waals surface area contributed by atoms with Gasteiger partial charge in [-0.15, -0.1) is 0 Å². The summed E-state index contributed by atoms with van der Waals surface area (Å²) in [5.41, 5.74) is 2.12. The molecule has 0 aliphatic carbocycles. The van der Waals surface area contributed by atoms with E-state index in [2.05, 4.69) is 17.9 Å². The van der Waals surface area contributed by atoms with E-state index in [9.17, 15) is 0 Å². The molecule has 5 heteroatoms. The van der Waals surface area contributed by atoms with E-state index in [1.165, 1.54) is 5.56 Å². The highest BCUT2D eigenvalue weighted by Gasteiger charge is 2.18. The lowest BCUT2D eigenvalue weighted by molar-refractivity contribution is 0.122. The van der Waals surface area contributed by atoms with Gasteiger partial charge in [0.05, 0.1) is 18.7 Å². The molecule has 4 rings (SSSR count). The first-order valence-corrected chi connectivity index (χ1v) is 6.85. The van der Waals surface area contributed by atoms with Crippen molar-refractivity contribution in [3.8, 4) is 11.5 Å². The van der Waals surface area contributed by atoms with Crippen molar-refractivity contribution in [3.05, 3.63) is 23.8 Å². The fourth-order valence-corrected chi connectivity index (χ4v) is 2.75. The summed E-state index contributed by atoms with van der Waals surface area (Å²) >= 11 is 0. The average Bonchev–Trinajstić information content (AvgIpc) is 2.92. The Morgan fingerprint density at radius 3 is 2.60 bits per heavy atom. The number of rotatable bonds is 1. The highest BCUT2D eigenvalue weighted by molar-refractivity contribution is 5.85. The van der Waals surface area contributed by atoms with Crippen LogP contribution in [0.25, 0.3) is 10.9 Å². The quantitative estimate of drug-likeness (QED) is 0.795. The van der Waals surface area contributed by atoms with Crippen molar-refractivity contribution < 1.29 is 14.2 Å². The van der Waals surface area contributed by atoms with Crippen LogP contribution in [0.15, 0.2) is 18.2 Å². The van der Waals surface area contributed by atoms with Gasteiger partial charge in [0.15, 0.2) is 11.5 Å². The number of fused-ring (bicyclic) bond motifs is 2. The third-order valence-electron chi connectivity index (χ3n) is 3.78. The van der Waals surface area contributed by atoms with Gasteiger partial charge in [-0.25, -0.2) is 4.98 Å². The second-order valence-electron chi connectivity index (χ2n) is 5.13. The number of morpholine rings is 1. The lowest BCUT2D eigenvalue weighted by atomic mass is 10.1. The lowest BCUT2D eigenvalue weighted by Crippen LogP contribution is -2.37. The van der Waals surface area contributed by atoms with Crippen molar-refractivity contribution in [2.75, 3.05) is 38.0 Å². The van der Waals surface area contributed by atoms with E-state index in [-0.39, 0.29) is 0 Å². The largest absolute Gasteiger partial charge is 0.454 e. The minimum absolute atomic E-state index is 0.293. The predicted octanol–water partition coefficient (Wildman–Crippen LogP) is 2.11. The molecular weight excluding hydrogens is 256 g/mol. The topological polar surface area (TPSA) is 43.8 Å². The second-order valence-corrected chi connectivity index (χ2v) is 5.13. The van der Waals surface area contributed by atoms with Crippen molar-refractivity contribution in [1.29, 1.82) is 0 Å². The molecule has 1 saturated heterocycles. The molecule has 1 aromatic carbocycles. The number of aryl methyl sites for hydroxylation is 1. The summed E-state index contributed by atoms with van der Waals surface area (Å²) in [6.45, 7) is 5.71. The molecule has 0 spiro atoms. The number of aromatic nitrogens is 1. The molecule has 0 unspecified atom stereocenters. The van der Waals surface area contributed by atoms with Crippen LogP contribution >= 0.6 is 0 Å². The molecule has 0 bridgehead atoms. The van der Waals surface area contributed by atoms with Gasteiger partial charge in [-0.3, -0.25) is 0 Å². The molecule has 2 aliphatic heterocycles. The van der Waals surface area contributed by atoms with E-state index < -0.39 is 0 Å². The van der Waals surface area contributed by atoms with Crippen LogP contribution in [-0.2, 0) is 4.74 Å². The molecule has 1 aromatic heterocycles. The number of hydrogen-bond donors (Lipinski definition) is 0. The van der Waals surface area contributed by atoms with Crippen LogP contribution in [0.5, 0.6) is 11.5 Å². The number of ether oxygens (including phenoxy) is 3. The van der Waals surface area contributed by atoms with E-state index in [4.69, 9.17) is 19.2 Å². The van der Waals surface area contributed by atoms with E-state index in [1.54, 1.807) is 0 Å². The third kappa shape index (κ3) is 1.86. The molecule has 0 radical (unpaired) electrons. The Hall–Kier alpha value is -2.01. The Morgan fingerprint density at radius 1 is 1.05 bits per heavy atom. The smallest absolute Gasteiger partial charge is 0.231 e. The predicted molar refractivity (Wildman–Crippen MR) is 75.6 cm³/mol. The Balaban J connectivity index is 1.82. The Labute approximate surface area is 117 Å². The Kier molecular flexibility index (Phi) is 2.67. The van der Waals surface area contributed by atoms with Gasteiger partial charge in [-0.2, -0.15) is 0 Å². The van der Waals surface area contributed by atoms with E-state index in [0.29, 0.717) is 6.79 Å². The molecule has 1 fully saturated rings. The van der Waals surface area contributed by atoms with Gasteiger partial charge in [0.2, 0.25) is 6.79 Å². The van der Waals surface area contributed by atoms with Gasteiger partial charge < -0.3 is 19.1 Å². The van der Waals surface area contributed by atoms with Crippen molar-refractivity contribution in [2.24, 2.45) is 0 Å². The van der Waals surface area contributed by atoms with Crippen LogP contribution in [0.3, 0.4) is 0 Å². The van der Waals surface area contributed by atoms with Gasteiger partial charge in [-0.05, 0) is 24.6 Å². The van der Waals surface area contributed by atoms with Gasteiger partial charge in [0.25, 0.3) is 0 Å². The first-order valence-electron chi connectivity index (χ1n) is 6.85. The van der Waals surface area contributed by atoms with Gasteiger partial charge in [0, 0.05) is 24.5 Å². The normalized spacial score (nSPS) is 17.8. The van der Waals surface area contributed by atoms with E-state index in [1.807, 2.05) is 12.1 Å². The zero-order valence-corrected chi connectivity index (χ0v) is 11.4. The standard InChI is InChI=1S/C15H16N2O3/c1-10-6-11-7-13-14(20-9-19-13)8-12(11)16-15(10)17-2-4-18-5-3-17/h6-8H,2-5,9H2,1H3. The van der Waals surface area contributed by atoms with Crippen LogP contribution < -0.4 is 14.4 Å². The second kappa shape index (κ2) is 4.52. The molecule has 20 heavy (non-hydrogen) atoms. The first-order chi connectivity index (χ1) is 9.81. The average molecular weight is 272 g/mol. The SMILES string of the molecule is Cc1cc2cc3c(cc2nc1N1CCOCC1)OCO3. The van der Waals surface area contributed by atoms with Crippen LogP contribution in [0, 0.1) is 6.92 Å². The van der Waals surface area contributed by atoms with Crippen molar-refractivity contribution >= 4 is 16.7 Å². The van der Waals surface area contributed by atoms with Crippen LogP contribution in [0.4, 0.5) is 5.82 Å². The Morgan fingerprint density at radius 2 is 1.80 bits per heavy atom. The van der Waals surface area contributed by atoms with Gasteiger partial charge in [-0.1, -0.05) is 0 Å². The fourth-order valence-electron chi connectivity index (χ4n) is 2.75. The van der Waals surface area contributed by atoms with Crippen LogP contribution in [-0.4, -0.2) is 38.1 Å². The summed E-state index contributed by atoms with van der Waals surface area (Å²) < 4.78 is 16.2. The van der Waals surface area contributed by atoms with Gasteiger partial charge >= 0.3 is 0 Å². The van der Waals surface area contributed by atoms with Crippen LogP contribution in [0.2, 0.25) is 0 Å².